The van der Waals surface area contributed by atoms with Gasteiger partial charge in [0.1, 0.15) is 5.75 Å². The van der Waals surface area contributed by atoms with Gasteiger partial charge < -0.3 is 19.3 Å². The van der Waals surface area contributed by atoms with Crippen molar-refractivity contribution in [2.24, 2.45) is 0 Å². The highest BCUT2D eigenvalue weighted by Crippen LogP contribution is 2.25. The van der Waals surface area contributed by atoms with Gasteiger partial charge in [0.25, 0.3) is 0 Å². The van der Waals surface area contributed by atoms with Gasteiger partial charge in [-0.25, -0.2) is 0 Å². The van der Waals surface area contributed by atoms with E-state index in [1.54, 1.807) is 26.6 Å². The molecule has 2 aromatic heterocycles. The van der Waals surface area contributed by atoms with Crippen LogP contribution in [0.25, 0.3) is 11.4 Å². The number of methoxy groups -OCH3 is 2. The first-order valence-corrected chi connectivity index (χ1v) is 11.8. The van der Waals surface area contributed by atoms with Crippen molar-refractivity contribution in [1.29, 1.82) is 0 Å². The molecule has 1 aliphatic heterocycles. The van der Waals surface area contributed by atoms with Crippen LogP contribution in [-0.4, -0.2) is 83.3 Å². The molecule has 1 amide bonds. The maximum Gasteiger partial charge on any atom is 0.233 e. The standard InChI is InChI=1S/C23H28N6O3S/c1-31-16-15-29-22(18-7-9-24-10-8-18)25-26-23(29)33-17-21(30)28-13-11-27(12-14-28)19-3-5-20(32-2)6-4-19/h3-10H,11-17H2,1-2H3. The van der Waals surface area contributed by atoms with E-state index in [1.807, 2.05) is 33.7 Å². The maximum absolute atomic E-state index is 12.9. The highest BCUT2D eigenvalue weighted by atomic mass is 32.2. The second-order valence-corrected chi connectivity index (χ2v) is 8.48. The van der Waals surface area contributed by atoms with Gasteiger partial charge in [-0.15, -0.1) is 10.2 Å². The van der Waals surface area contributed by atoms with Gasteiger partial charge in [0.2, 0.25) is 5.91 Å². The van der Waals surface area contributed by atoms with Crippen molar-refractivity contribution >= 4 is 23.4 Å². The lowest BCUT2D eigenvalue weighted by Gasteiger charge is -2.36. The molecular weight excluding hydrogens is 440 g/mol. The lowest BCUT2D eigenvalue weighted by atomic mass is 10.2. The van der Waals surface area contributed by atoms with Crippen molar-refractivity contribution in [3.8, 4) is 17.1 Å². The van der Waals surface area contributed by atoms with Crippen LogP contribution < -0.4 is 9.64 Å². The molecule has 4 rings (SSSR count). The van der Waals surface area contributed by atoms with Crippen LogP contribution in [0.2, 0.25) is 0 Å². The summed E-state index contributed by atoms with van der Waals surface area (Å²) >= 11 is 1.42. The number of hydrogen-bond acceptors (Lipinski definition) is 8. The van der Waals surface area contributed by atoms with Crippen LogP contribution in [0.15, 0.2) is 53.9 Å². The number of thioether (sulfide) groups is 1. The summed E-state index contributed by atoms with van der Waals surface area (Å²) in [5, 5.41) is 9.41. The fourth-order valence-electron chi connectivity index (χ4n) is 3.72. The van der Waals surface area contributed by atoms with E-state index in [2.05, 4.69) is 32.2 Å². The van der Waals surface area contributed by atoms with Gasteiger partial charge in [0.05, 0.1) is 26.0 Å². The van der Waals surface area contributed by atoms with Gasteiger partial charge in [-0.3, -0.25) is 14.3 Å². The summed E-state index contributed by atoms with van der Waals surface area (Å²) in [6.07, 6.45) is 3.46. The van der Waals surface area contributed by atoms with E-state index in [4.69, 9.17) is 9.47 Å². The van der Waals surface area contributed by atoms with E-state index in [-0.39, 0.29) is 5.91 Å². The molecule has 0 saturated carbocycles. The average molecular weight is 469 g/mol. The molecule has 1 aliphatic rings. The predicted molar refractivity (Wildman–Crippen MR) is 128 cm³/mol. The third-order valence-electron chi connectivity index (χ3n) is 5.57. The number of piperazine rings is 1. The van der Waals surface area contributed by atoms with Gasteiger partial charge in [0.15, 0.2) is 11.0 Å². The lowest BCUT2D eigenvalue weighted by Crippen LogP contribution is -2.49. The average Bonchev–Trinajstić information content (AvgIpc) is 3.29. The number of amides is 1. The number of aromatic nitrogens is 4. The molecule has 0 spiro atoms. The number of nitrogens with zero attached hydrogens (tertiary/aromatic N) is 6. The molecule has 33 heavy (non-hydrogen) atoms. The third kappa shape index (κ3) is 5.63. The molecule has 0 atom stereocenters. The van der Waals surface area contributed by atoms with E-state index >= 15 is 0 Å². The van der Waals surface area contributed by atoms with E-state index in [0.29, 0.717) is 37.2 Å². The number of benzene rings is 1. The van der Waals surface area contributed by atoms with E-state index in [9.17, 15) is 4.79 Å². The molecule has 0 unspecified atom stereocenters. The molecule has 0 bridgehead atoms. The number of carbonyl (C=O) groups excluding carboxylic acids is 1. The van der Waals surface area contributed by atoms with E-state index < -0.39 is 0 Å². The smallest absolute Gasteiger partial charge is 0.233 e. The highest BCUT2D eigenvalue weighted by Gasteiger charge is 2.23. The Bertz CT molecular complexity index is 1040. The second-order valence-electron chi connectivity index (χ2n) is 7.54. The molecule has 3 aromatic rings. The van der Waals surface area contributed by atoms with Gasteiger partial charge in [0, 0.05) is 56.9 Å². The Hall–Kier alpha value is -3.11. The Morgan fingerprint density at radius 3 is 2.39 bits per heavy atom. The number of ether oxygens (including phenoxy) is 2. The molecule has 1 aromatic carbocycles. The number of hydrogen-bond donors (Lipinski definition) is 0. The van der Waals surface area contributed by atoms with Crippen molar-refractivity contribution in [3.05, 3.63) is 48.8 Å². The highest BCUT2D eigenvalue weighted by molar-refractivity contribution is 7.99. The Balaban J connectivity index is 1.34. The summed E-state index contributed by atoms with van der Waals surface area (Å²) in [4.78, 5) is 21.2. The fourth-order valence-corrected chi connectivity index (χ4v) is 4.59. The summed E-state index contributed by atoms with van der Waals surface area (Å²) in [5.74, 6) is 2.03. The molecule has 9 nitrogen and oxygen atoms in total. The first-order valence-electron chi connectivity index (χ1n) is 10.8. The number of anilines is 1. The number of rotatable bonds is 9. The summed E-state index contributed by atoms with van der Waals surface area (Å²) in [6, 6.07) is 11.8. The minimum Gasteiger partial charge on any atom is -0.497 e. The Morgan fingerprint density at radius 2 is 1.73 bits per heavy atom. The lowest BCUT2D eigenvalue weighted by molar-refractivity contribution is -0.128. The molecule has 1 saturated heterocycles. The first kappa shape index (κ1) is 23.1. The zero-order chi connectivity index (χ0) is 23.0. The summed E-state index contributed by atoms with van der Waals surface area (Å²) in [5.41, 5.74) is 2.08. The van der Waals surface area contributed by atoms with Gasteiger partial charge >= 0.3 is 0 Å². The molecular formula is C23H28N6O3S. The second kappa shape index (κ2) is 11.2. The molecule has 0 aliphatic carbocycles. The summed E-state index contributed by atoms with van der Waals surface area (Å²) in [6.45, 7) is 4.15. The quantitative estimate of drug-likeness (QED) is 0.443. The van der Waals surface area contributed by atoms with Gasteiger partial charge in [-0.1, -0.05) is 11.8 Å². The van der Waals surface area contributed by atoms with Crippen LogP contribution in [0.5, 0.6) is 5.75 Å². The van der Waals surface area contributed by atoms with Crippen LogP contribution in [0.3, 0.4) is 0 Å². The third-order valence-corrected chi connectivity index (χ3v) is 6.52. The van der Waals surface area contributed by atoms with Crippen molar-refractivity contribution in [1.82, 2.24) is 24.6 Å². The van der Waals surface area contributed by atoms with Crippen LogP contribution in [0, 0.1) is 0 Å². The predicted octanol–water partition coefficient (Wildman–Crippen LogP) is 2.44. The molecule has 0 radical (unpaired) electrons. The Morgan fingerprint density at radius 1 is 1.00 bits per heavy atom. The minimum absolute atomic E-state index is 0.112. The van der Waals surface area contributed by atoms with Crippen LogP contribution >= 0.6 is 11.8 Å². The minimum atomic E-state index is 0.112. The summed E-state index contributed by atoms with van der Waals surface area (Å²) in [7, 11) is 3.33. The van der Waals surface area contributed by atoms with Crippen molar-refractivity contribution in [3.63, 3.8) is 0 Å². The Kier molecular flexibility index (Phi) is 7.79. The van der Waals surface area contributed by atoms with Crippen molar-refractivity contribution in [2.75, 3.05) is 57.7 Å². The normalized spacial score (nSPS) is 13.9. The number of pyridine rings is 1. The largest absolute Gasteiger partial charge is 0.497 e. The zero-order valence-corrected chi connectivity index (χ0v) is 19.7. The molecule has 10 heteroatoms. The van der Waals surface area contributed by atoms with Crippen LogP contribution in [0.1, 0.15) is 0 Å². The molecule has 3 heterocycles. The zero-order valence-electron chi connectivity index (χ0n) is 18.9. The maximum atomic E-state index is 12.9. The van der Waals surface area contributed by atoms with Crippen molar-refractivity contribution < 1.29 is 14.3 Å². The molecule has 1 fully saturated rings. The monoisotopic (exact) mass is 468 g/mol. The summed E-state index contributed by atoms with van der Waals surface area (Å²) < 4.78 is 12.5. The van der Waals surface area contributed by atoms with Crippen molar-refractivity contribution in [2.45, 2.75) is 11.7 Å². The van der Waals surface area contributed by atoms with Crippen LogP contribution in [0.4, 0.5) is 5.69 Å². The van der Waals surface area contributed by atoms with Gasteiger partial charge in [-0.05, 0) is 36.4 Å². The topological polar surface area (TPSA) is 85.6 Å². The van der Waals surface area contributed by atoms with Crippen LogP contribution in [-0.2, 0) is 16.1 Å². The first-order chi connectivity index (χ1) is 16.2. The van der Waals surface area contributed by atoms with E-state index in [0.717, 1.165) is 35.9 Å². The molecule has 174 valence electrons. The molecule has 0 N–H and O–H groups in total. The van der Waals surface area contributed by atoms with E-state index in [1.165, 1.54) is 11.8 Å². The Labute approximate surface area is 197 Å². The van der Waals surface area contributed by atoms with Gasteiger partial charge in [-0.2, -0.15) is 0 Å². The SMILES string of the molecule is COCCn1c(SCC(=O)N2CCN(c3ccc(OC)cc3)CC2)nnc1-c1ccncc1. The number of carbonyl (C=O) groups is 1. The fraction of sp³-hybridized carbons (Fsp3) is 0.391.